The molecule has 0 aliphatic heterocycles. The first-order valence-electron chi connectivity index (χ1n) is 6.32. The summed E-state index contributed by atoms with van der Waals surface area (Å²) in [6.45, 7) is 0. The molecule has 0 saturated heterocycles. The molecule has 2 unspecified atom stereocenters. The van der Waals surface area contributed by atoms with E-state index in [0.717, 1.165) is 19.3 Å². The minimum atomic E-state index is -1.08. The molecule has 1 fully saturated rings. The molecule has 1 aromatic rings. The van der Waals surface area contributed by atoms with Crippen molar-refractivity contribution in [2.75, 3.05) is 11.6 Å². The summed E-state index contributed by atoms with van der Waals surface area (Å²) in [5.41, 5.74) is 0.304. The van der Waals surface area contributed by atoms with E-state index in [0.29, 0.717) is 10.9 Å². The molecule has 0 spiro atoms. The van der Waals surface area contributed by atoms with Crippen LogP contribution in [0.1, 0.15) is 29.6 Å². The highest BCUT2D eigenvalue weighted by Gasteiger charge is 2.25. The van der Waals surface area contributed by atoms with E-state index in [9.17, 15) is 14.9 Å². The second-order valence-corrected chi connectivity index (χ2v) is 5.94. The average Bonchev–Trinajstić information content (AvgIpc) is 2.86. The fourth-order valence-corrected chi connectivity index (χ4v) is 3.25. The zero-order valence-corrected chi connectivity index (χ0v) is 11.9. The highest BCUT2D eigenvalue weighted by Crippen LogP contribution is 2.32. The molecule has 6 nitrogen and oxygen atoms in total. The number of benzene rings is 1. The Hall–Kier alpha value is -1.76. The quantitative estimate of drug-likeness (QED) is 0.641. The van der Waals surface area contributed by atoms with Gasteiger partial charge < -0.3 is 10.4 Å². The van der Waals surface area contributed by atoms with Gasteiger partial charge >= 0.3 is 5.97 Å². The molecule has 0 amide bonds. The lowest BCUT2D eigenvalue weighted by molar-refractivity contribution is -0.384. The van der Waals surface area contributed by atoms with Gasteiger partial charge in [0.2, 0.25) is 0 Å². The van der Waals surface area contributed by atoms with Gasteiger partial charge in [0.05, 0.1) is 16.2 Å². The normalized spacial score (nSPS) is 21.6. The Morgan fingerprint density at radius 2 is 2.25 bits per heavy atom. The lowest BCUT2D eigenvalue weighted by Gasteiger charge is -2.16. The molecular weight excluding hydrogens is 280 g/mol. The Morgan fingerprint density at radius 1 is 1.50 bits per heavy atom. The molecule has 0 radical (unpaired) electrons. The highest BCUT2D eigenvalue weighted by molar-refractivity contribution is 7.99. The molecule has 1 aliphatic rings. The molecule has 0 bridgehead atoms. The number of hydrogen-bond donors (Lipinski definition) is 2. The van der Waals surface area contributed by atoms with E-state index in [-0.39, 0.29) is 17.3 Å². The summed E-state index contributed by atoms with van der Waals surface area (Å²) in [5, 5.41) is 23.7. The Bertz CT molecular complexity index is 535. The van der Waals surface area contributed by atoms with Crippen LogP contribution in [0.2, 0.25) is 0 Å². The van der Waals surface area contributed by atoms with Gasteiger partial charge in [0.15, 0.2) is 0 Å². The van der Waals surface area contributed by atoms with Gasteiger partial charge in [-0.25, -0.2) is 4.79 Å². The fourth-order valence-electron chi connectivity index (χ4n) is 2.46. The van der Waals surface area contributed by atoms with E-state index < -0.39 is 10.9 Å². The number of rotatable bonds is 5. The number of thioether (sulfide) groups is 1. The van der Waals surface area contributed by atoms with E-state index in [2.05, 4.69) is 11.6 Å². The molecule has 0 aromatic heterocycles. The lowest BCUT2D eigenvalue weighted by Crippen LogP contribution is -2.18. The predicted octanol–water partition coefficient (Wildman–Crippen LogP) is 2.99. The molecule has 1 saturated carbocycles. The van der Waals surface area contributed by atoms with Crippen molar-refractivity contribution >= 4 is 29.1 Å². The smallest absolute Gasteiger partial charge is 0.337 e. The van der Waals surface area contributed by atoms with Gasteiger partial charge in [-0.3, -0.25) is 10.1 Å². The number of nitrogens with zero attached hydrogens (tertiary/aromatic N) is 1. The number of non-ortho nitro benzene ring substituents is 1. The van der Waals surface area contributed by atoms with E-state index in [1.54, 1.807) is 11.8 Å². The Kier molecular flexibility index (Phi) is 4.49. The molecule has 0 heterocycles. The van der Waals surface area contributed by atoms with Gasteiger partial charge in [0.25, 0.3) is 5.69 Å². The second-order valence-electron chi connectivity index (χ2n) is 4.80. The largest absolute Gasteiger partial charge is 0.478 e. The molecule has 1 aromatic carbocycles. The molecular formula is C13H16N2O4S. The van der Waals surface area contributed by atoms with Gasteiger partial charge in [-0.2, -0.15) is 11.8 Å². The Labute approximate surface area is 120 Å². The number of anilines is 1. The summed E-state index contributed by atoms with van der Waals surface area (Å²) in [4.78, 5) is 21.5. The standard InChI is InChI=1S/C13H16N2O4S/c1-20-10-4-2-8(6-10)14-12-7-9(15(18)19)3-5-11(12)13(16)17/h3,5,7-8,10,14H,2,4,6H2,1H3,(H,16,17). The van der Waals surface area contributed by atoms with Crippen molar-refractivity contribution in [2.24, 2.45) is 0 Å². The number of aromatic carboxylic acids is 1. The molecule has 1 aliphatic carbocycles. The van der Waals surface area contributed by atoms with Gasteiger partial charge in [-0.1, -0.05) is 0 Å². The van der Waals surface area contributed by atoms with Gasteiger partial charge in [0.1, 0.15) is 0 Å². The third kappa shape index (κ3) is 3.22. The van der Waals surface area contributed by atoms with Crippen molar-refractivity contribution in [1.29, 1.82) is 0 Å². The van der Waals surface area contributed by atoms with Crippen molar-refractivity contribution in [1.82, 2.24) is 0 Å². The first-order chi connectivity index (χ1) is 9.51. The molecule has 2 atom stereocenters. The number of hydrogen-bond acceptors (Lipinski definition) is 5. The minimum Gasteiger partial charge on any atom is -0.478 e. The zero-order chi connectivity index (χ0) is 14.7. The van der Waals surface area contributed by atoms with Crippen LogP contribution in [0.5, 0.6) is 0 Å². The maximum Gasteiger partial charge on any atom is 0.337 e. The van der Waals surface area contributed by atoms with E-state index in [1.807, 2.05) is 0 Å². The number of nitrogens with one attached hydrogen (secondary N) is 1. The van der Waals surface area contributed by atoms with Crippen molar-refractivity contribution in [3.63, 3.8) is 0 Å². The van der Waals surface area contributed by atoms with E-state index >= 15 is 0 Å². The van der Waals surface area contributed by atoms with Crippen molar-refractivity contribution in [3.05, 3.63) is 33.9 Å². The lowest BCUT2D eigenvalue weighted by atomic mass is 10.1. The van der Waals surface area contributed by atoms with Crippen molar-refractivity contribution in [3.8, 4) is 0 Å². The van der Waals surface area contributed by atoms with E-state index in [1.165, 1.54) is 18.2 Å². The van der Waals surface area contributed by atoms with Crippen LogP contribution in [-0.4, -0.2) is 33.5 Å². The van der Waals surface area contributed by atoms with Crippen LogP contribution in [0.25, 0.3) is 0 Å². The average molecular weight is 296 g/mol. The van der Waals surface area contributed by atoms with Crippen LogP contribution < -0.4 is 5.32 Å². The van der Waals surface area contributed by atoms with Crippen LogP contribution in [0, 0.1) is 10.1 Å². The number of nitro benzene ring substituents is 1. The molecule has 108 valence electrons. The van der Waals surface area contributed by atoms with Gasteiger partial charge in [-0.15, -0.1) is 0 Å². The number of carboxylic acids is 1. The minimum absolute atomic E-state index is 0.0724. The fraction of sp³-hybridized carbons (Fsp3) is 0.462. The predicted molar refractivity (Wildman–Crippen MR) is 78.6 cm³/mol. The maximum absolute atomic E-state index is 11.2. The van der Waals surface area contributed by atoms with Crippen LogP contribution in [0.15, 0.2) is 18.2 Å². The van der Waals surface area contributed by atoms with Crippen LogP contribution in [0.3, 0.4) is 0 Å². The third-order valence-corrected chi connectivity index (χ3v) is 4.62. The molecule has 20 heavy (non-hydrogen) atoms. The number of carboxylic acid groups (broad SMARTS) is 1. The monoisotopic (exact) mass is 296 g/mol. The highest BCUT2D eigenvalue weighted by atomic mass is 32.2. The van der Waals surface area contributed by atoms with Crippen LogP contribution in [-0.2, 0) is 0 Å². The molecule has 7 heteroatoms. The Morgan fingerprint density at radius 3 is 2.80 bits per heavy atom. The summed E-state index contributed by atoms with van der Waals surface area (Å²) in [5.74, 6) is -1.08. The summed E-state index contributed by atoms with van der Waals surface area (Å²) in [6.07, 6.45) is 5.04. The van der Waals surface area contributed by atoms with Crippen LogP contribution in [0.4, 0.5) is 11.4 Å². The topological polar surface area (TPSA) is 92.5 Å². The number of carbonyl (C=O) groups is 1. The SMILES string of the molecule is CSC1CCC(Nc2cc([N+](=O)[O-])ccc2C(=O)O)C1. The number of nitro groups is 1. The summed E-state index contributed by atoms with van der Waals surface area (Å²) in [7, 11) is 0. The van der Waals surface area contributed by atoms with Gasteiger partial charge in [-0.05, 0) is 31.6 Å². The molecule has 2 N–H and O–H groups in total. The van der Waals surface area contributed by atoms with Crippen molar-refractivity contribution < 1.29 is 14.8 Å². The zero-order valence-electron chi connectivity index (χ0n) is 11.0. The third-order valence-electron chi connectivity index (χ3n) is 3.52. The second kappa shape index (κ2) is 6.13. The molecule has 2 rings (SSSR count). The van der Waals surface area contributed by atoms with E-state index in [4.69, 9.17) is 5.11 Å². The summed E-state index contributed by atoms with van der Waals surface area (Å²) >= 11 is 1.80. The van der Waals surface area contributed by atoms with Crippen molar-refractivity contribution in [2.45, 2.75) is 30.6 Å². The van der Waals surface area contributed by atoms with Gasteiger partial charge in [0, 0.05) is 23.4 Å². The van der Waals surface area contributed by atoms with Crippen LogP contribution >= 0.6 is 11.8 Å². The summed E-state index contributed by atoms with van der Waals surface area (Å²) < 4.78 is 0. The summed E-state index contributed by atoms with van der Waals surface area (Å²) in [6, 6.07) is 3.97. The maximum atomic E-state index is 11.2. The first kappa shape index (κ1) is 14.6. The first-order valence-corrected chi connectivity index (χ1v) is 7.61. The Balaban J connectivity index is 2.22.